The fourth-order valence-electron chi connectivity index (χ4n) is 1.59. The van der Waals surface area contributed by atoms with Crippen LogP contribution in [0, 0.1) is 5.82 Å². The van der Waals surface area contributed by atoms with E-state index in [1.165, 1.54) is 7.05 Å². The molecule has 1 aromatic carbocycles. The molecule has 0 radical (unpaired) electrons. The SMILES string of the molecule is CNC(=O)CCN(C)c1cc(OC(F)F)c(F)cc1N. The number of nitrogens with zero attached hydrogens (tertiary/aromatic N) is 1. The van der Waals surface area contributed by atoms with E-state index in [1.54, 1.807) is 11.9 Å². The molecule has 1 rings (SSSR count). The number of carbonyl (C=O) groups is 1. The minimum atomic E-state index is -3.13. The zero-order valence-electron chi connectivity index (χ0n) is 11.1. The van der Waals surface area contributed by atoms with E-state index in [0.717, 1.165) is 12.1 Å². The number of nitrogen functional groups attached to an aromatic ring is 1. The molecule has 0 unspecified atom stereocenters. The average Bonchev–Trinajstić information content (AvgIpc) is 2.38. The molecule has 1 amide bonds. The summed E-state index contributed by atoms with van der Waals surface area (Å²) in [6.45, 7) is -2.83. The molecule has 112 valence electrons. The van der Waals surface area contributed by atoms with Crippen molar-refractivity contribution in [3.63, 3.8) is 0 Å². The molecule has 0 atom stereocenters. The Labute approximate surface area is 114 Å². The van der Waals surface area contributed by atoms with Crippen LogP contribution in [0.1, 0.15) is 6.42 Å². The van der Waals surface area contributed by atoms with Gasteiger partial charge in [0.2, 0.25) is 5.91 Å². The fourth-order valence-corrected chi connectivity index (χ4v) is 1.59. The first kappa shape index (κ1) is 15.9. The summed E-state index contributed by atoms with van der Waals surface area (Å²) in [7, 11) is 3.11. The Morgan fingerprint density at radius 2 is 2.15 bits per heavy atom. The first-order valence-electron chi connectivity index (χ1n) is 5.80. The zero-order valence-corrected chi connectivity index (χ0v) is 11.1. The molecule has 0 aromatic heterocycles. The van der Waals surface area contributed by atoms with Crippen LogP contribution < -0.4 is 20.7 Å². The van der Waals surface area contributed by atoms with Crippen LogP contribution in [-0.2, 0) is 4.79 Å². The van der Waals surface area contributed by atoms with Gasteiger partial charge in [0.1, 0.15) is 0 Å². The Kier molecular flexibility index (Phi) is 5.48. The van der Waals surface area contributed by atoms with E-state index >= 15 is 0 Å². The molecule has 1 aromatic rings. The summed E-state index contributed by atoms with van der Waals surface area (Å²) in [6.07, 6.45) is 0.189. The molecule has 0 heterocycles. The number of hydrogen-bond acceptors (Lipinski definition) is 4. The zero-order chi connectivity index (χ0) is 15.3. The molecule has 5 nitrogen and oxygen atoms in total. The maximum absolute atomic E-state index is 13.4. The highest BCUT2D eigenvalue weighted by Crippen LogP contribution is 2.31. The highest BCUT2D eigenvalue weighted by molar-refractivity contribution is 5.77. The lowest BCUT2D eigenvalue weighted by atomic mass is 10.2. The molecule has 3 N–H and O–H groups in total. The molecular weight excluding hydrogens is 275 g/mol. The van der Waals surface area contributed by atoms with E-state index in [4.69, 9.17) is 5.73 Å². The Morgan fingerprint density at radius 1 is 1.50 bits per heavy atom. The normalized spacial score (nSPS) is 10.5. The van der Waals surface area contributed by atoms with Gasteiger partial charge in [-0.15, -0.1) is 0 Å². The molecule has 0 aliphatic heterocycles. The number of amides is 1. The number of carbonyl (C=O) groups excluding carboxylic acids is 1. The summed E-state index contributed by atoms with van der Waals surface area (Å²) in [4.78, 5) is 12.7. The number of halogens is 3. The topological polar surface area (TPSA) is 67.6 Å². The average molecular weight is 291 g/mol. The fraction of sp³-hybridized carbons (Fsp3) is 0.417. The third kappa shape index (κ3) is 4.22. The molecule has 0 spiro atoms. The minimum absolute atomic E-state index is 0.0727. The second-order valence-corrected chi connectivity index (χ2v) is 4.06. The van der Waals surface area contributed by atoms with Crippen molar-refractivity contribution in [2.24, 2.45) is 0 Å². The van der Waals surface area contributed by atoms with Crippen LogP contribution in [0.25, 0.3) is 0 Å². The van der Waals surface area contributed by atoms with Crippen molar-refractivity contribution in [1.29, 1.82) is 0 Å². The van der Waals surface area contributed by atoms with Crippen molar-refractivity contribution >= 4 is 17.3 Å². The van der Waals surface area contributed by atoms with E-state index in [-0.39, 0.29) is 18.0 Å². The van der Waals surface area contributed by atoms with Crippen LogP contribution in [0.3, 0.4) is 0 Å². The van der Waals surface area contributed by atoms with Gasteiger partial charge >= 0.3 is 6.61 Å². The number of benzene rings is 1. The van der Waals surface area contributed by atoms with Crippen LogP contribution >= 0.6 is 0 Å². The van der Waals surface area contributed by atoms with E-state index in [0.29, 0.717) is 12.2 Å². The lowest BCUT2D eigenvalue weighted by molar-refractivity contribution is -0.120. The third-order valence-electron chi connectivity index (χ3n) is 2.66. The quantitative estimate of drug-likeness (QED) is 0.781. The largest absolute Gasteiger partial charge is 0.432 e. The number of hydrogen-bond donors (Lipinski definition) is 2. The van der Waals surface area contributed by atoms with Crippen molar-refractivity contribution in [1.82, 2.24) is 5.32 Å². The lowest BCUT2D eigenvalue weighted by Gasteiger charge is -2.21. The minimum Gasteiger partial charge on any atom is -0.432 e. The molecule has 0 fully saturated rings. The highest BCUT2D eigenvalue weighted by atomic mass is 19.3. The molecule has 0 saturated carbocycles. The van der Waals surface area contributed by atoms with Crippen molar-refractivity contribution in [2.75, 3.05) is 31.3 Å². The Hall–Kier alpha value is -2.12. The van der Waals surface area contributed by atoms with Gasteiger partial charge in [-0.3, -0.25) is 4.79 Å². The Balaban J connectivity index is 2.90. The summed E-state index contributed by atoms with van der Waals surface area (Å²) < 4.78 is 41.8. The first-order chi connectivity index (χ1) is 9.35. The highest BCUT2D eigenvalue weighted by Gasteiger charge is 2.15. The molecular formula is C12H16F3N3O2. The van der Waals surface area contributed by atoms with Crippen LogP contribution in [0.2, 0.25) is 0 Å². The van der Waals surface area contributed by atoms with Crippen molar-refractivity contribution in [3.05, 3.63) is 17.9 Å². The van der Waals surface area contributed by atoms with Gasteiger partial charge in [0.15, 0.2) is 11.6 Å². The predicted octanol–water partition coefficient (Wildman–Crippen LogP) is 1.58. The molecule has 0 saturated heterocycles. The summed E-state index contributed by atoms with van der Waals surface area (Å²) >= 11 is 0. The Bertz CT molecular complexity index is 483. The number of alkyl halides is 2. The van der Waals surface area contributed by atoms with Crippen LogP contribution in [-0.4, -0.2) is 33.2 Å². The van der Waals surface area contributed by atoms with E-state index in [9.17, 15) is 18.0 Å². The van der Waals surface area contributed by atoms with Gasteiger partial charge in [-0.1, -0.05) is 0 Å². The van der Waals surface area contributed by atoms with Gasteiger partial charge in [-0.25, -0.2) is 4.39 Å². The van der Waals surface area contributed by atoms with Gasteiger partial charge < -0.3 is 20.7 Å². The molecule has 8 heteroatoms. The van der Waals surface area contributed by atoms with Crippen molar-refractivity contribution < 1.29 is 22.7 Å². The molecule has 0 aliphatic rings. The summed E-state index contributed by atoms with van der Waals surface area (Å²) in [5.74, 6) is -1.73. The van der Waals surface area contributed by atoms with Crippen molar-refractivity contribution in [2.45, 2.75) is 13.0 Å². The summed E-state index contributed by atoms with van der Waals surface area (Å²) in [6, 6.07) is 1.99. The van der Waals surface area contributed by atoms with Crippen LogP contribution in [0.15, 0.2) is 12.1 Å². The van der Waals surface area contributed by atoms with Gasteiger partial charge in [0.25, 0.3) is 0 Å². The first-order valence-corrected chi connectivity index (χ1v) is 5.80. The summed E-state index contributed by atoms with van der Waals surface area (Å²) in [5, 5.41) is 2.45. The molecule has 0 bridgehead atoms. The van der Waals surface area contributed by atoms with Gasteiger partial charge in [-0.2, -0.15) is 8.78 Å². The standard InChI is InChI=1S/C12H16F3N3O2/c1-17-11(19)3-4-18(2)9-6-10(20-12(14)15)7(13)5-8(9)16/h5-6,12H,3-4,16H2,1-2H3,(H,17,19). The number of rotatable bonds is 6. The number of nitrogens with one attached hydrogen (secondary N) is 1. The van der Waals surface area contributed by atoms with Gasteiger partial charge in [0.05, 0.1) is 11.4 Å². The summed E-state index contributed by atoms with van der Waals surface area (Å²) in [5.41, 5.74) is 6.02. The van der Waals surface area contributed by atoms with Crippen LogP contribution in [0.4, 0.5) is 24.5 Å². The predicted molar refractivity (Wildman–Crippen MR) is 69.4 cm³/mol. The number of nitrogens with two attached hydrogens (primary N) is 1. The lowest BCUT2D eigenvalue weighted by Crippen LogP contribution is -2.27. The number of anilines is 2. The maximum atomic E-state index is 13.4. The van der Waals surface area contributed by atoms with Gasteiger partial charge in [-0.05, 0) is 0 Å². The van der Waals surface area contributed by atoms with Crippen molar-refractivity contribution in [3.8, 4) is 5.75 Å². The smallest absolute Gasteiger partial charge is 0.387 e. The van der Waals surface area contributed by atoms with E-state index in [2.05, 4.69) is 10.1 Å². The van der Waals surface area contributed by atoms with E-state index < -0.39 is 18.2 Å². The second kappa shape index (κ2) is 6.88. The monoisotopic (exact) mass is 291 g/mol. The molecule has 20 heavy (non-hydrogen) atoms. The maximum Gasteiger partial charge on any atom is 0.387 e. The van der Waals surface area contributed by atoms with Gasteiger partial charge in [0, 0.05) is 39.2 Å². The van der Waals surface area contributed by atoms with E-state index in [1.807, 2.05) is 0 Å². The number of ether oxygens (including phenoxy) is 1. The second-order valence-electron chi connectivity index (χ2n) is 4.06. The molecule has 0 aliphatic carbocycles. The van der Waals surface area contributed by atoms with Crippen LogP contribution in [0.5, 0.6) is 5.75 Å². The Morgan fingerprint density at radius 3 is 2.70 bits per heavy atom. The third-order valence-corrected chi connectivity index (χ3v) is 2.66.